The largest absolute Gasteiger partial charge is 0.507 e. The average molecular weight is 510 g/mol. The molecule has 8 heteroatoms. The monoisotopic (exact) mass is 509 g/mol. The van der Waals surface area contributed by atoms with Gasteiger partial charge >= 0.3 is 0 Å². The van der Waals surface area contributed by atoms with E-state index >= 15 is 0 Å². The summed E-state index contributed by atoms with van der Waals surface area (Å²) in [6.07, 6.45) is 0. The lowest BCUT2D eigenvalue weighted by molar-refractivity contribution is -0.140. The van der Waals surface area contributed by atoms with E-state index in [0.29, 0.717) is 35.0 Å². The van der Waals surface area contributed by atoms with Crippen molar-refractivity contribution in [1.82, 2.24) is 4.90 Å². The first-order valence-electron chi connectivity index (χ1n) is 11.4. The minimum absolute atomic E-state index is 0.0116. The Labute approximate surface area is 213 Å². The van der Waals surface area contributed by atoms with E-state index in [-0.39, 0.29) is 28.6 Å². The van der Waals surface area contributed by atoms with Crippen LogP contribution in [0.15, 0.2) is 72.3 Å². The molecule has 4 rings (SSSR count). The smallest absolute Gasteiger partial charge is 0.295 e. The third kappa shape index (κ3) is 5.21. The van der Waals surface area contributed by atoms with E-state index in [1.54, 1.807) is 24.3 Å². The number of phenols is 1. The molecule has 3 aromatic carbocycles. The van der Waals surface area contributed by atoms with Gasteiger partial charge in [-0.1, -0.05) is 55.8 Å². The SMILES string of the molecule is CC(C)COc1cccc(/C(O)=C2/C(=O)C(=O)N(Cc3ccc(F)cc3)C2c2ccc(O)c(Cl)c2)c1. The molecule has 1 aliphatic heterocycles. The predicted molar refractivity (Wildman–Crippen MR) is 134 cm³/mol. The van der Waals surface area contributed by atoms with Crippen LogP contribution in [0, 0.1) is 11.7 Å². The van der Waals surface area contributed by atoms with Crippen LogP contribution in [0.5, 0.6) is 11.5 Å². The summed E-state index contributed by atoms with van der Waals surface area (Å²) in [5, 5.41) is 21.2. The molecule has 2 N–H and O–H groups in total. The lowest BCUT2D eigenvalue weighted by Gasteiger charge is -2.25. The highest BCUT2D eigenvalue weighted by atomic mass is 35.5. The second kappa shape index (κ2) is 10.4. The zero-order valence-electron chi connectivity index (χ0n) is 19.7. The Balaban J connectivity index is 1.82. The van der Waals surface area contributed by atoms with Crippen molar-refractivity contribution in [3.8, 4) is 11.5 Å². The maximum atomic E-state index is 13.4. The number of benzene rings is 3. The van der Waals surface area contributed by atoms with Gasteiger partial charge in [0.1, 0.15) is 23.1 Å². The molecule has 36 heavy (non-hydrogen) atoms. The molecule has 1 heterocycles. The zero-order valence-corrected chi connectivity index (χ0v) is 20.5. The van der Waals surface area contributed by atoms with Crippen LogP contribution in [0.1, 0.15) is 36.6 Å². The number of likely N-dealkylation sites (tertiary alicyclic amines) is 1. The number of carbonyl (C=O) groups excluding carboxylic acids is 2. The van der Waals surface area contributed by atoms with Crippen molar-refractivity contribution in [2.75, 3.05) is 6.61 Å². The van der Waals surface area contributed by atoms with Crippen molar-refractivity contribution < 1.29 is 28.9 Å². The first-order chi connectivity index (χ1) is 17.2. The number of carbonyl (C=O) groups is 2. The number of hydrogen-bond donors (Lipinski definition) is 2. The van der Waals surface area contributed by atoms with Gasteiger partial charge in [-0.25, -0.2) is 4.39 Å². The number of ketones is 1. The molecule has 0 aromatic heterocycles. The van der Waals surface area contributed by atoms with Crippen molar-refractivity contribution in [3.63, 3.8) is 0 Å². The highest BCUT2D eigenvalue weighted by Crippen LogP contribution is 2.42. The van der Waals surface area contributed by atoms with Crippen LogP contribution < -0.4 is 4.74 Å². The average Bonchev–Trinajstić information content (AvgIpc) is 3.10. The topological polar surface area (TPSA) is 87.1 Å². The van der Waals surface area contributed by atoms with Crippen molar-refractivity contribution in [1.29, 1.82) is 0 Å². The molecule has 1 fully saturated rings. The Morgan fingerprint density at radius 1 is 1.08 bits per heavy atom. The summed E-state index contributed by atoms with van der Waals surface area (Å²) in [6, 6.07) is 15.6. The Hall–Kier alpha value is -3.84. The van der Waals surface area contributed by atoms with Gasteiger partial charge in [-0.15, -0.1) is 0 Å². The summed E-state index contributed by atoms with van der Waals surface area (Å²) in [5.41, 5.74) is 1.21. The van der Waals surface area contributed by atoms with Gasteiger partial charge in [-0.05, 0) is 53.4 Å². The van der Waals surface area contributed by atoms with Crippen molar-refractivity contribution in [2.45, 2.75) is 26.4 Å². The molecule has 0 bridgehead atoms. The molecule has 0 aliphatic carbocycles. The number of aliphatic hydroxyl groups is 1. The van der Waals surface area contributed by atoms with Crippen LogP contribution >= 0.6 is 11.6 Å². The lowest BCUT2D eigenvalue weighted by Crippen LogP contribution is -2.29. The number of aromatic hydroxyl groups is 1. The second-order valence-electron chi connectivity index (χ2n) is 9.00. The fraction of sp³-hybridized carbons (Fsp3) is 0.214. The molecule has 3 aromatic rings. The highest BCUT2D eigenvalue weighted by Gasteiger charge is 2.46. The highest BCUT2D eigenvalue weighted by molar-refractivity contribution is 6.46. The molecule has 186 valence electrons. The molecule has 1 amide bonds. The Kier molecular flexibility index (Phi) is 7.31. The molecule has 0 radical (unpaired) electrons. The summed E-state index contributed by atoms with van der Waals surface area (Å²) >= 11 is 6.14. The summed E-state index contributed by atoms with van der Waals surface area (Å²) in [5.74, 6) is -1.83. The molecule has 6 nitrogen and oxygen atoms in total. The third-order valence-corrected chi connectivity index (χ3v) is 6.09. The van der Waals surface area contributed by atoms with E-state index in [0.717, 1.165) is 0 Å². The maximum absolute atomic E-state index is 13.4. The van der Waals surface area contributed by atoms with Gasteiger partial charge < -0.3 is 19.8 Å². The van der Waals surface area contributed by atoms with E-state index in [9.17, 15) is 24.2 Å². The molecule has 1 saturated heterocycles. The van der Waals surface area contributed by atoms with Gasteiger partial charge in [-0.3, -0.25) is 9.59 Å². The summed E-state index contributed by atoms with van der Waals surface area (Å²) in [4.78, 5) is 27.7. The van der Waals surface area contributed by atoms with Crippen LogP contribution in [0.2, 0.25) is 5.02 Å². The number of phenolic OH excluding ortho intramolecular Hbond substituents is 1. The first kappa shape index (κ1) is 25.3. The third-order valence-electron chi connectivity index (χ3n) is 5.78. The Bertz CT molecular complexity index is 1340. The molecule has 1 atom stereocenters. The molecular formula is C28H25ClFNO5. The van der Waals surface area contributed by atoms with Crippen LogP contribution in [0.25, 0.3) is 5.76 Å². The van der Waals surface area contributed by atoms with Gasteiger partial charge in [0.15, 0.2) is 0 Å². The quantitative estimate of drug-likeness (QED) is 0.237. The fourth-order valence-corrected chi connectivity index (χ4v) is 4.21. The van der Waals surface area contributed by atoms with Gasteiger partial charge in [-0.2, -0.15) is 0 Å². The summed E-state index contributed by atoms with van der Waals surface area (Å²) in [7, 11) is 0. The van der Waals surface area contributed by atoms with Crippen molar-refractivity contribution in [3.05, 3.63) is 99.8 Å². The second-order valence-corrected chi connectivity index (χ2v) is 9.40. The molecule has 1 unspecified atom stereocenters. The number of amides is 1. The lowest BCUT2D eigenvalue weighted by atomic mass is 9.95. The summed E-state index contributed by atoms with van der Waals surface area (Å²) < 4.78 is 19.2. The molecule has 0 saturated carbocycles. The normalized spacial score (nSPS) is 17.1. The number of nitrogens with zero attached hydrogens (tertiary/aromatic N) is 1. The number of hydrogen-bond acceptors (Lipinski definition) is 5. The van der Waals surface area contributed by atoms with E-state index < -0.39 is 23.5 Å². The van der Waals surface area contributed by atoms with Crippen LogP contribution in [-0.2, 0) is 16.1 Å². The standard InChI is InChI=1S/C28H25ClFNO5/c1-16(2)15-36-21-5-3-4-19(12-21)26(33)24-25(18-8-11-23(32)22(29)13-18)31(28(35)27(24)34)14-17-6-9-20(30)10-7-17/h3-13,16,25,32-33H,14-15H2,1-2H3/b26-24-. The number of Topliss-reactive ketones (excluding diaryl/α,β-unsaturated/α-hetero) is 1. The van der Waals surface area contributed by atoms with Gasteiger partial charge in [0.2, 0.25) is 0 Å². The summed E-state index contributed by atoms with van der Waals surface area (Å²) in [6.45, 7) is 4.48. The first-order valence-corrected chi connectivity index (χ1v) is 11.8. The molecular weight excluding hydrogens is 485 g/mol. The van der Waals surface area contributed by atoms with Gasteiger partial charge in [0.25, 0.3) is 11.7 Å². The van der Waals surface area contributed by atoms with E-state index in [1.807, 2.05) is 13.8 Å². The number of halogens is 2. The minimum Gasteiger partial charge on any atom is -0.507 e. The number of aliphatic hydroxyl groups excluding tert-OH is 1. The fourth-order valence-electron chi connectivity index (χ4n) is 4.02. The number of ether oxygens (including phenoxy) is 1. The zero-order chi connectivity index (χ0) is 26.0. The Morgan fingerprint density at radius 3 is 2.47 bits per heavy atom. The van der Waals surface area contributed by atoms with Crippen molar-refractivity contribution >= 4 is 29.1 Å². The predicted octanol–water partition coefficient (Wildman–Crippen LogP) is 5.84. The molecule has 0 spiro atoms. The Morgan fingerprint density at radius 2 is 1.81 bits per heavy atom. The van der Waals surface area contributed by atoms with Gasteiger partial charge in [0.05, 0.1) is 23.2 Å². The van der Waals surface area contributed by atoms with E-state index in [2.05, 4.69) is 0 Å². The maximum Gasteiger partial charge on any atom is 0.295 e. The molecule has 1 aliphatic rings. The van der Waals surface area contributed by atoms with Crippen LogP contribution in [0.4, 0.5) is 4.39 Å². The van der Waals surface area contributed by atoms with Crippen molar-refractivity contribution in [2.24, 2.45) is 5.92 Å². The van der Waals surface area contributed by atoms with E-state index in [4.69, 9.17) is 16.3 Å². The van der Waals surface area contributed by atoms with Gasteiger partial charge in [0, 0.05) is 12.1 Å². The number of rotatable bonds is 7. The van der Waals surface area contributed by atoms with E-state index in [1.165, 1.54) is 47.4 Å². The van der Waals surface area contributed by atoms with Crippen LogP contribution in [-0.4, -0.2) is 33.4 Å². The minimum atomic E-state index is -0.992. The van der Waals surface area contributed by atoms with Crippen LogP contribution in [0.3, 0.4) is 0 Å².